The second-order valence-corrected chi connectivity index (χ2v) is 2.91. The molecule has 4 nitrogen and oxygen atoms in total. The molecule has 66 valence electrons. The predicted molar refractivity (Wildman–Crippen MR) is 48.6 cm³/mol. The molecule has 0 fully saturated rings. The number of anilines is 2. The lowest BCUT2D eigenvalue weighted by atomic mass is 10.2. The van der Waals surface area contributed by atoms with Gasteiger partial charge in [-0.2, -0.15) is 0 Å². The summed E-state index contributed by atoms with van der Waals surface area (Å²) >= 11 is 11.1. The summed E-state index contributed by atoms with van der Waals surface area (Å²) in [7, 11) is 0. The zero-order chi connectivity index (χ0) is 9.46. The zero-order valence-electron chi connectivity index (χ0n) is 5.81. The predicted octanol–water partition coefficient (Wildman–Crippen LogP) is 1.57. The van der Waals surface area contributed by atoms with E-state index in [1.165, 1.54) is 0 Å². The number of phenolic OH excluding ortho intramolecular Hbond substituents is 2. The minimum absolute atomic E-state index is 0.0653. The fraction of sp³-hybridized carbons (Fsp3) is 0. The third-order valence-corrected chi connectivity index (χ3v) is 2.28. The van der Waals surface area contributed by atoms with Crippen LogP contribution < -0.4 is 11.5 Å². The van der Waals surface area contributed by atoms with Crippen LogP contribution in [0.25, 0.3) is 0 Å². The normalized spacial score (nSPS) is 10.2. The van der Waals surface area contributed by atoms with Gasteiger partial charge in [0.05, 0.1) is 21.4 Å². The smallest absolute Gasteiger partial charge is 0.184 e. The minimum Gasteiger partial charge on any atom is -0.503 e. The Bertz CT molecular complexity index is 236. The molecular weight excluding hydrogens is 203 g/mol. The van der Waals surface area contributed by atoms with Crippen molar-refractivity contribution < 1.29 is 10.2 Å². The maximum absolute atomic E-state index is 9.09. The van der Waals surface area contributed by atoms with Crippen molar-refractivity contribution in [3.8, 4) is 11.5 Å². The molecule has 1 rings (SSSR count). The minimum atomic E-state index is -0.554. The van der Waals surface area contributed by atoms with Crippen molar-refractivity contribution >= 4 is 34.6 Å². The number of benzene rings is 1. The van der Waals surface area contributed by atoms with Crippen LogP contribution in [0.15, 0.2) is 0 Å². The summed E-state index contributed by atoms with van der Waals surface area (Å²) in [5, 5.41) is 18.1. The number of aromatic hydroxyl groups is 2. The highest BCUT2D eigenvalue weighted by Gasteiger charge is 2.17. The van der Waals surface area contributed by atoms with Crippen LogP contribution in [0.3, 0.4) is 0 Å². The van der Waals surface area contributed by atoms with Crippen molar-refractivity contribution in [1.29, 1.82) is 0 Å². The fourth-order valence-electron chi connectivity index (χ4n) is 0.699. The number of nitrogen functional groups attached to an aromatic ring is 2. The van der Waals surface area contributed by atoms with Gasteiger partial charge in [-0.1, -0.05) is 23.2 Å². The van der Waals surface area contributed by atoms with Gasteiger partial charge in [-0.25, -0.2) is 0 Å². The van der Waals surface area contributed by atoms with Crippen LogP contribution in [0.1, 0.15) is 0 Å². The summed E-state index contributed by atoms with van der Waals surface area (Å²) in [6.45, 7) is 0. The van der Waals surface area contributed by atoms with E-state index in [1.54, 1.807) is 0 Å². The van der Waals surface area contributed by atoms with Gasteiger partial charge >= 0.3 is 0 Å². The molecule has 0 amide bonds. The highest BCUT2D eigenvalue weighted by atomic mass is 35.5. The Morgan fingerprint density at radius 2 is 1.08 bits per heavy atom. The summed E-state index contributed by atoms with van der Waals surface area (Å²) in [4.78, 5) is 0. The molecule has 0 heterocycles. The molecule has 0 saturated heterocycles. The molecule has 0 spiro atoms. The number of rotatable bonds is 0. The summed E-state index contributed by atoms with van der Waals surface area (Å²) in [6.07, 6.45) is 0. The van der Waals surface area contributed by atoms with E-state index in [0.717, 1.165) is 0 Å². The molecule has 0 aliphatic heterocycles. The van der Waals surface area contributed by atoms with E-state index in [2.05, 4.69) is 0 Å². The van der Waals surface area contributed by atoms with E-state index >= 15 is 0 Å². The molecule has 0 atom stereocenters. The van der Waals surface area contributed by atoms with E-state index in [4.69, 9.17) is 44.9 Å². The average molecular weight is 209 g/mol. The van der Waals surface area contributed by atoms with E-state index in [9.17, 15) is 0 Å². The number of hydrogen-bond acceptors (Lipinski definition) is 4. The van der Waals surface area contributed by atoms with Crippen LogP contribution in [0.4, 0.5) is 11.4 Å². The van der Waals surface area contributed by atoms with Gasteiger partial charge in [0.15, 0.2) is 11.5 Å². The molecule has 1 aromatic carbocycles. The lowest BCUT2D eigenvalue weighted by molar-refractivity contribution is 0.407. The van der Waals surface area contributed by atoms with Crippen molar-refractivity contribution in [2.75, 3.05) is 11.5 Å². The van der Waals surface area contributed by atoms with E-state index in [1.807, 2.05) is 0 Å². The lowest BCUT2D eigenvalue weighted by Gasteiger charge is -2.08. The molecule has 0 radical (unpaired) electrons. The number of halogens is 2. The number of hydrogen-bond donors (Lipinski definition) is 4. The summed E-state index contributed by atoms with van der Waals surface area (Å²) in [5.74, 6) is -1.11. The fourth-order valence-corrected chi connectivity index (χ4v) is 1.08. The molecule has 0 bridgehead atoms. The summed E-state index contributed by atoms with van der Waals surface area (Å²) < 4.78 is 0. The number of phenols is 2. The Labute approximate surface area is 78.3 Å². The molecule has 0 aromatic heterocycles. The van der Waals surface area contributed by atoms with Gasteiger partial charge in [-0.05, 0) is 0 Å². The van der Waals surface area contributed by atoms with E-state index < -0.39 is 11.5 Å². The molecule has 0 unspecified atom stereocenters. The van der Waals surface area contributed by atoms with Crippen LogP contribution in [0, 0.1) is 0 Å². The average Bonchev–Trinajstić information content (AvgIpc) is 2.08. The first kappa shape index (κ1) is 9.09. The van der Waals surface area contributed by atoms with E-state index in [0.29, 0.717) is 0 Å². The number of nitrogens with two attached hydrogens (primary N) is 2. The third-order valence-electron chi connectivity index (χ3n) is 1.40. The van der Waals surface area contributed by atoms with Crippen molar-refractivity contribution in [2.45, 2.75) is 0 Å². The molecule has 6 N–H and O–H groups in total. The monoisotopic (exact) mass is 208 g/mol. The highest BCUT2D eigenvalue weighted by molar-refractivity contribution is 6.45. The lowest BCUT2D eigenvalue weighted by Crippen LogP contribution is -1.94. The van der Waals surface area contributed by atoms with Gasteiger partial charge in [0, 0.05) is 0 Å². The van der Waals surface area contributed by atoms with Crippen molar-refractivity contribution in [2.24, 2.45) is 0 Å². The van der Waals surface area contributed by atoms with Crippen LogP contribution in [0.5, 0.6) is 11.5 Å². The van der Waals surface area contributed by atoms with E-state index in [-0.39, 0.29) is 21.4 Å². The first-order valence-electron chi connectivity index (χ1n) is 2.90. The first-order valence-corrected chi connectivity index (χ1v) is 3.66. The molecule has 6 heteroatoms. The van der Waals surface area contributed by atoms with Gasteiger partial charge < -0.3 is 21.7 Å². The third kappa shape index (κ3) is 1.09. The second-order valence-electron chi connectivity index (χ2n) is 2.15. The Kier molecular flexibility index (Phi) is 2.12. The van der Waals surface area contributed by atoms with Crippen LogP contribution in [0.2, 0.25) is 10.0 Å². The highest BCUT2D eigenvalue weighted by Crippen LogP contribution is 2.47. The molecule has 12 heavy (non-hydrogen) atoms. The first-order chi connectivity index (χ1) is 5.46. The van der Waals surface area contributed by atoms with Crippen molar-refractivity contribution in [3.63, 3.8) is 0 Å². The van der Waals surface area contributed by atoms with Gasteiger partial charge in [0.25, 0.3) is 0 Å². The Balaban J connectivity index is 3.60. The maximum atomic E-state index is 9.09. The molecule has 1 aromatic rings. The summed E-state index contributed by atoms with van der Waals surface area (Å²) in [6, 6.07) is 0. The second kappa shape index (κ2) is 2.80. The van der Waals surface area contributed by atoms with Crippen LogP contribution in [-0.4, -0.2) is 10.2 Å². The Morgan fingerprint density at radius 3 is 1.33 bits per heavy atom. The van der Waals surface area contributed by atoms with Gasteiger partial charge in [0.2, 0.25) is 0 Å². The SMILES string of the molecule is Nc1c(O)c(O)c(N)c(Cl)c1Cl. The maximum Gasteiger partial charge on any atom is 0.184 e. The Hall–Kier alpha value is -1.00. The molecule has 0 aliphatic carbocycles. The molecular formula is C6H6Cl2N2O2. The zero-order valence-corrected chi connectivity index (χ0v) is 7.32. The largest absolute Gasteiger partial charge is 0.503 e. The van der Waals surface area contributed by atoms with Crippen LogP contribution >= 0.6 is 23.2 Å². The van der Waals surface area contributed by atoms with Crippen molar-refractivity contribution in [3.05, 3.63) is 10.0 Å². The topological polar surface area (TPSA) is 92.5 Å². The van der Waals surface area contributed by atoms with Gasteiger partial charge in [0.1, 0.15) is 0 Å². The quantitative estimate of drug-likeness (QED) is 0.385. The van der Waals surface area contributed by atoms with Crippen LogP contribution in [-0.2, 0) is 0 Å². The van der Waals surface area contributed by atoms with Gasteiger partial charge in [-0.15, -0.1) is 0 Å². The Morgan fingerprint density at radius 1 is 0.833 bits per heavy atom. The standard InChI is InChI=1S/C6H6Cl2N2O2/c7-1-2(8)4(10)6(12)5(11)3(1)9/h11-12H,9-10H2. The van der Waals surface area contributed by atoms with Gasteiger partial charge in [-0.3, -0.25) is 0 Å². The summed E-state index contributed by atoms with van der Waals surface area (Å²) in [5.41, 5.74) is 10.2. The van der Waals surface area contributed by atoms with Crippen molar-refractivity contribution in [1.82, 2.24) is 0 Å². The molecule has 0 aliphatic rings. The molecule has 0 saturated carbocycles.